The van der Waals surface area contributed by atoms with E-state index in [0.29, 0.717) is 0 Å². The maximum absolute atomic E-state index is 7.23. The summed E-state index contributed by atoms with van der Waals surface area (Å²) in [4.78, 5) is 27.7. The van der Waals surface area contributed by atoms with E-state index in [-0.39, 0.29) is 0 Å². The molecule has 0 aliphatic heterocycles. The maximum atomic E-state index is 7.23. The molecule has 0 heterocycles. The van der Waals surface area contributed by atoms with Gasteiger partial charge in [-0.2, -0.15) is 0 Å². The van der Waals surface area contributed by atoms with Crippen molar-refractivity contribution < 1.29 is 14.7 Å². The molecule has 16 heavy (non-hydrogen) atoms. The summed E-state index contributed by atoms with van der Waals surface area (Å²) in [5, 5.41) is 0. The molecular formula is C9H30N3O3P. The zero-order chi connectivity index (χ0) is 14.3. The fourth-order valence-corrected chi connectivity index (χ4v) is 0. The van der Waals surface area contributed by atoms with Crippen LogP contribution in [0, 0.1) is 0 Å². The Bertz CT molecular complexity index is 69.0. The van der Waals surface area contributed by atoms with E-state index in [1.807, 2.05) is 78.1 Å². The molecule has 0 aromatic rings. The standard InChI is InChI=1S/3C3H9N.H3O3P/c4*1-4(2)3/h3*1-3H3;1-3H. The number of hydrogen-bond donors (Lipinski definition) is 3. The summed E-state index contributed by atoms with van der Waals surface area (Å²) in [5.74, 6) is 0. The molecule has 0 saturated heterocycles. The number of nitrogens with zero attached hydrogens (tertiary/aromatic N) is 3. The van der Waals surface area contributed by atoms with Gasteiger partial charge >= 0.3 is 8.60 Å². The van der Waals surface area contributed by atoms with Crippen LogP contribution in [0.2, 0.25) is 0 Å². The molecule has 7 heteroatoms. The van der Waals surface area contributed by atoms with Gasteiger partial charge in [-0.1, -0.05) is 0 Å². The molecule has 0 aliphatic carbocycles. The fraction of sp³-hybridized carbons (Fsp3) is 1.00. The van der Waals surface area contributed by atoms with Gasteiger partial charge in [0, 0.05) is 0 Å². The highest BCUT2D eigenvalue weighted by Crippen LogP contribution is 2.11. The average Bonchev–Trinajstić information content (AvgIpc) is 1.76. The van der Waals surface area contributed by atoms with E-state index in [9.17, 15) is 0 Å². The van der Waals surface area contributed by atoms with E-state index in [4.69, 9.17) is 14.7 Å². The molecule has 6 nitrogen and oxygen atoms in total. The second-order valence-electron chi connectivity index (χ2n) is 4.29. The van der Waals surface area contributed by atoms with Crippen molar-refractivity contribution in [3.05, 3.63) is 0 Å². The fourth-order valence-electron chi connectivity index (χ4n) is 0. The first-order chi connectivity index (χ1) is 6.93. The van der Waals surface area contributed by atoms with E-state index in [1.165, 1.54) is 0 Å². The minimum atomic E-state index is -2.62. The van der Waals surface area contributed by atoms with E-state index >= 15 is 0 Å². The molecule has 0 spiro atoms. The van der Waals surface area contributed by atoms with Gasteiger partial charge in [-0.05, 0) is 63.4 Å². The molecule has 0 amide bonds. The molecule has 104 valence electrons. The van der Waals surface area contributed by atoms with Crippen LogP contribution in [-0.2, 0) is 0 Å². The Labute approximate surface area is 102 Å². The molecule has 0 aromatic carbocycles. The summed E-state index contributed by atoms with van der Waals surface area (Å²) in [7, 11) is 15.4. The monoisotopic (exact) mass is 259 g/mol. The van der Waals surface area contributed by atoms with Crippen molar-refractivity contribution in [3.63, 3.8) is 0 Å². The summed E-state index contributed by atoms with van der Waals surface area (Å²) in [6.45, 7) is 0. The van der Waals surface area contributed by atoms with Crippen LogP contribution in [-0.4, -0.2) is 92.8 Å². The maximum Gasteiger partial charge on any atom is 0.324 e. The molecule has 0 atom stereocenters. The Hall–Kier alpha value is 0.190. The van der Waals surface area contributed by atoms with Gasteiger partial charge < -0.3 is 29.4 Å². The zero-order valence-electron chi connectivity index (χ0n) is 12.1. The van der Waals surface area contributed by atoms with Crippen LogP contribution < -0.4 is 0 Å². The third kappa shape index (κ3) is 68400. The first-order valence-corrected chi connectivity index (χ1v) is 5.82. The predicted molar refractivity (Wildman–Crippen MR) is 72.4 cm³/mol. The van der Waals surface area contributed by atoms with E-state index < -0.39 is 8.60 Å². The van der Waals surface area contributed by atoms with Gasteiger partial charge in [-0.25, -0.2) is 0 Å². The molecular weight excluding hydrogens is 229 g/mol. The van der Waals surface area contributed by atoms with Crippen LogP contribution in [0.15, 0.2) is 0 Å². The minimum Gasteiger partial charge on any atom is -0.328 e. The summed E-state index contributed by atoms with van der Waals surface area (Å²) in [6, 6.07) is 0. The van der Waals surface area contributed by atoms with Crippen LogP contribution in [0.3, 0.4) is 0 Å². The molecule has 0 bridgehead atoms. The Morgan fingerprint density at radius 3 is 0.500 bits per heavy atom. The normalized spacial score (nSPS) is 9.00. The molecule has 3 N–H and O–H groups in total. The summed E-state index contributed by atoms with van der Waals surface area (Å²) in [5.41, 5.74) is 0. The quantitative estimate of drug-likeness (QED) is 0.520. The molecule has 0 aliphatic rings. The van der Waals surface area contributed by atoms with Gasteiger partial charge in [0.25, 0.3) is 0 Å². The van der Waals surface area contributed by atoms with Gasteiger partial charge in [0.15, 0.2) is 0 Å². The van der Waals surface area contributed by atoms with Crippen molar-refractivity contribution in [2.75, 3.05) is 63.4 Å². The lowest BCUT2D eigenvalue weighted by Gasteiger charge is -1.90. The topological polar surface area (TPSA) is 70.4 Å². The highest BCUT2D eigenvalue weighted by atomic mass is 31.2. The molecule has 0 rings (SSSR count). The van der Waals surface area contributed by atoms with Crippen LogP contribution >= 0.6 is 8.60 Å². The lowest BCUT2D eigenvalue weighted by Crippen LogP contribution is -1.99. The zero-order valence-corrected chi connectivity index (χ0v) is 13.0. The lowest BCUT2D eigenvalue weighted by molar-refractivity contribution is 0.368. The van der Waals surface area contributed by atoms with Crippen LogP contribution in [0.5, 0.6) is 0 Å². The second-order valence-corrected chi connectivity index (χ2v) is 4.83. The SMILES string of the molecule is CN(C)C.CN(C)C.CN(C)C.OP(O)O. The first kappa shape index (κ1) is 25.1. The predicted octanol–water partition coefficient (Wildman–Crippen LogP) is -0.276. The van der Waals surface area contributed by atoms with E-state index in [2.05, 4.69) is 0 Å². The first-order valence-electron chi connectivity index (χ1n) is 4.62. The summed E-state index contributed by atoms with van der Waals surface area (Å²) in [6.07, 6.45) is 0. The highest BCUT2D eigenvalue weighted by molar-refractivity contribution is 7.38. The number of hydrogen-bond acceptors (Lipinski definition) is 6. The number of rotatable bonds is 0. The third-order valence-electron chi connectivity index (χ3n) is 0. The summed E-state index contributed by atoms with van der Waals surface area (Å²) >= 11 is 0. The Balaban J connectivity index is -0.0000000600. The van der Waals surface area contributed by atoms with Crippen molar-refractivity contribution in [2.24, 2.45) is 0 Å². The molecule has 0 radical (unpaired) electrons. The summed E-state index contributed by atoms with van der Waals surface area (Å²) < 4.78 is 0. The second kappa shape index (κ2) is 20.6. The van der Waals surface area contributed by atoms with Crippen LogP contribution in [0.25, 0.3) is 0 Å². The Morgan fingerprint density at radius 1 is 0.500 bits per heavy atom. The van der Waals surface area contributed by atoms with E-state index in [0.717, 1.165) is 0 Å². The Morgan fingerprint density at radius 2 is 0.500 bits per heavy atom. The van der Waals surface area contributed by atoms with E-state index in [1.54, 1.807) is 0 Å². The van der Waals surface area contributed by atoms with Crippen molar-refractivity contribution in [1.29, 1.82) is 0 Å². The van der Waals surface area contributed by atoms with Crippen molar-refractivity contribution in [1.82, 2.24) is 14.7 Å². The highest BCUT2D eigenvalue weighted by Gasteiger charge is 1.76. The van der Waals surface area contributed by atoms with Crippen molar-refractivity contribution >= 4 is 8.60 Å². The van der Waals surface area contributed by atoms with Gasteiger partial charge in [0.1, 0.15) is 0 Å². The lowest BCUT2D eigenvalue weighted by atomic mass is 11.0. The van der Waals surface area contributed by atoms with Gasteiger partial charge in [-0.15, -0.1) is 0 Å². The minimum absolute atomic E-state index is 2.00. The average molecular weight is 259 g/mol. The third-order valence-corrected chi connectivity index (χ3v) is 0. The molecule has 0 fully saturated rings. The van der Waals surface area contributed by atoms with Crippen LogP contribution in [0.4, 0.5) is 0 Å². The molecule has 0 saturated carbocycles. The largest absolute Gasteiger partial charge is 0.328 e. The van der Waals surface area contributed by atoms with Gasteiger partial charge in [-0.3, -0.25) is 0 Å². The van der Waals surface area contributed by atoms with Crippen molar-refractivity contribution in [3.8, 4) is 0 Å². The van der Waals surface area contributed by atoms with Gasteiger partial charge in [0.2, 0.25) is 0 Å². The molecule has 0 unspecified atom stereocenters. The smallest absolute Gasteiger partial charge is 0.324 e. The van der Waals surface area contributed by atoms with Gasteiger partial charge in [0.05, 0.1) is 0 Å². The molecule has 0 aromatic heterocycles. The van der Waals surface area contributed by atoms with Crippen LogP contribution in [0.1, 0.15) is 0 Å². The Kier molecular flexibility index (Phi) is 32.3. The van der Waals surface area contributed by atoms with Crippen molar-refractivity contribution in [2.45, 2.75) is 0 Å².